The van der Waals surface area contributed by atoms with Crippen LogP contribution in [0.2, 0.25) is 5.02 Å². The van der Waals surface area contributed by atoms with E-state index in [2.05, 4.69) is 10.3 Å². The van der Waals surface area contributed by atoms with Crippen molar-refractivity contribution in [3.63, 3.8) is 0 Å². The number of rotatable bonds is 0. The summed E-state index contributed by atoms with van der Waals surface area (Å²) in [6.45, 7) is 0. The molecule has 1 amide bonds. The van der Waals surface area contributed by atoms with E-state index in [-0.39, 0.29) is 11.7 Å². The van der Waals surface area contributed by atoms with Gasteiger partial charge >= 0.3 is 0 Å². The fourth-order valence-electron chi connectivity index (χ4n) is 2.23. The highest BCUT2D eigenvalue weighted by molar-refractivity contribution is 6.31. The zero-order chi connectivity index (χ0) is 13.6. The molecule has 2 aromatic rings. The quantitative estimate of drug-likeness (QED) is 0.682. The number of nitrogens with two attached hydrogens (primary N) is 1. The van der Waals surface area contributed by atoms with Gasteiger partial charge in [-0.25, -0.2) is 0 Å². The first-order valence-corrected chi connectivity index (χ1v) is 5.98. The Labute approximate surface area is 113 Å². The number of nitriles is 1. The second-order valence-electron chi connectivity index (χ2n) is 4.30. The minimum Gasteiger partial charge on any atom is -0.384 e. The normalized spacial score (nSPS) is 14.8. The van der Waals surface area contributed by atoms with Crippen molar-refractivity contribution in [1.82, 2.24) is 10.3 Å². The molecule has 5 nitrogen and oxygen atoms in total. The van der Waals surface area contributed by atoms with Gasteiger partial charge in [0.2, 0.25) is 0 Å². The average Bonchev–Trinajstić information content (AvgIpc) is 2.67. The van der Waals surface area contributed by atoms with Gasteiger partial charge in [-0.2, -0.15) is 5.26 Å². The van der Waals surface area contributed by atoms with Crippen LogP contribution in [0, 0.1) is 11.3 Å². The van der Waals surface area contributed by atoms with E-state index >= 15 is 0 Å². The van der Waals surface area contributed by atoms with Gasteiger partial charge < -0.3 is 16.0 Å². The molecule has 0 radical (unpaired) electrons. The van der Waals surface area contributed by atoms with E-state index in [9.17, 15) is 4.79 Å². The van der Waals surface area contributed by atoms with Crippen LogP contribution >= 0.6 is 11.6 Å². The molecule has 19 heavy (non-hydrogen) atoms. The number of hydrogen-bond acceptors (Lipinski definition) is 3. The summed E-state index contributed by atoms with van der Waals surface area (Å²) in [6.07, 6.45) is 0.302. The lowest BCUT2D eigenvalue weighted by atomic mass is 10.0. The number of halogens is 1. The lowest BCUT2D eigenvalue weighted by Crippen LogP contribution is -2.27. The van der Waals surface area contributed by atoms with Gasteiger partial charge in [0.25, 0.3) is 5.91 Å². The maximum Gasteiger partial charge on any atom is 0.273 e. The Kier molecular flexibility index (Phi) is 2.47. The van der Waals surface area contributed by atoms with Crippen LogP contribution in [0.1, 0.15) is 16.1 Å². The molecule has 0 saturated carbocycles. The Balaban J connectivity index is 2.31. The SMILES string of the molecule is N#CC1=C(N)NC(=O)c2[nH]c3ccc(Cl)cc3c2C1. The summed E-state index contributed by atoms with van der Waals surface area (Å²) in [5.41, 5.74) is 7.99. The van der Waals surface area contributed by atoms with E-state index in [1.807, 2.05) is 6.07 Å². The molecule has 0 saturated heterocycles. The van der Waals surface area contributed by atoms with Crippen molar-refractivity contribution in [3.8, 4) is 6.07 Å². The van der Waals surface area contributed by atoms with Crippen LogP contribution in [0.25, 0.3) is 10.9 Å². The number of allylic oxidation sites excluding steroid dienone is 1. The molecule has 4 N–H and O–H groups in total. The van der Waals surface area contributed by atoms with Crippen molar-refractivity contribution < 1.29 is 4.79 Å². The average molecular weight is 273 g/mol. The third kappa shape index (κ3) is 1.74. The third-order valence-electron chi connectivity index (χ3n) is 3.16. The van der Waals surface area contributed by atoms with Gasteiger partial charge in [-0.3, -0.25) is 4.79 Å². The number of aromatic amines is 1. The number of fused-ring (bicyclic) bond motifs is 3. The van der Waals surface area contributed by atoms with Crippen molar-refractivity contribution in [2.75, 3.05) is 0 Å². The summed E-state index contributed by atoms with van der Waals surface area (Å²) in [5, 5.41) is 13.0. The molecule has 0 aliphatic carbocycles. The second kappa shape index (κ2) is 4.04. The van der Waals surface area contributed by atoms with Gasteiger partial charge in [0, 0.05) is 22.3 Å². The number of carbonyl (C=O) groups is 1. The highest BCUT2D eigenvalue weighted by Crippen LogP contribution is 2.29. The molecular weight excluding hydrogens is 264 g/mol. The van der Waals surface area contributed by atoms with Crippen molar-refractivity contribution >= 4 is 28.4 Å². The summed E-state index contributed by atoms with van der Waals surface area (Å²) in [4.78, 5) is 15.1. The minimum atomic E-state index is -0.343. The zero-order valence-electron chi connectivity index (χ0n) is 9.75. The maximum atomic E-state index is 12.0. The zero-order valence-corrected chi connectivity index (χ0v) is 10.5. The van der Waals surface area contributed by atoms with E-state index in [1.165, 1.54) is 0 Å². The summed E-state index contributed by atoms with van der Waals surface area (Å²) in [7, 11) is 0. The van der Waals surface area contributed by atoms with Crippen LogP contribution < -0.4 is 11.1 Å². The van der Waals surface area contributed by atoms with Crippen LogP contribution in [-0.4, -0.2) is 10.9 Å². The smallest absolute Gasteiger partial charge is 0.273 e. The maximum absolute atomic E-state index is 12.0. The standard InChI is InChI=1S/C13H9ClN4O/c14-7-1-2-10-8(4-7)9-3-6(5-15)12(16)18-13(19)11(9)17-10/h1-2,4,17H,3,16H2,(H,18,19). The van der Waals surface area contributed by atoms with E-state index in [0.717, 1.165) is 16.5 Å². The molecule has 1 aliphatic rings. The molecule has 0 bridgehead atoms. The van der Waals surface area contributed by atoms with E-state index in [1.54, 1.807) is 18.2 Å². The molecule has 2 heterocycles. The Morgan fingerprint density at radius 1 is 1.42 bits per heavy atom. The van der Waals surface area contributed by atoms with Crippen LogP contribution in [0.5, 0.6) is 0 Å². The van der Waals surface area contributed by atoms with Crippen molar-refractivity contribution in [2.45, 2.75) is 6.42 Å². The van der Waals surface area contributed by atoms with E-state index in [0.29, 0.717) is 22.7 Å². The lowest BCUT2D eigenvalue weighted by Gasteiger charge is -2.01. The number of hydrogen-bond donors (Lipinski definition) is 3. The van der Waals surface area contributed by atoms with E-state index in [4.69, 9.17) is 22.6 Å². The topological polar surface area (TPSA) is 94.7 Å². The number of aromatic nitrogens is 1. The highest BCUT2D eigenvalue weighted by atomic mass is 35.5. The number of H-pyrrole nitrogens is 1. The molecule has 1 aromatic heterocycles. The first-order chi connectivity index (χ1) is 9.10. The van der Waals surface area contributed by atoms with Crippen molar-refractivity contribution in [1.29, 1.82) is 5.26 Å². The number of benzene rings is 1. The van der Waals surface area contributed by atoms with Gasteiger partial charge in [0.15, 0.2) is 0 Å². The predicted molar refractivity (Wildman–Crippen MR) is 71.3 cm³/mol. The molecule has 1 aromatic carbocycles. The van der Waals surface area contributed by atoms with Gasteiger partial charge in [0.1, 0.15) is 11.5 Å². The Hall–Kier alpha value is -2.45. The van der Waals surface area contributed by atoms with Crippen LogP contribution in [0.3, 0.4) is 0 Å². The van der Waals surface area contributed by atoms with Gasteiger partial charge in [0.05, 0.1) is 11.6 Å². The first-order valence-electron chi connectivity index (χ1n) is 5.60. The number of nitrogens with zero attached hydrogens (tertiary/aromatic N) is 1. The van der Waals surface area contributed by atoms with Gasteiger partial charge in [-0.15, -0.1) is 0 Å². The van der Waals surface area contributed by atoms with E-state index < -0.39 is 0 Å². The number of carbonyl (C=O) groups excluding carboxylic acids is 1. The fourth-order valence-corrected chi connectivity index (χ4v) is 2.40. The second-order valence-corrected chi connectivity index (χ2v) is 4.74. The third-order valence-corrected chi connectivity index (χ3v) is 3.39. The number of amides is 1. The molecule has 94 valence electrons. The molecule has 1 aliphatic heterocycles. The molecule has 0 spiro atoms. The molecular formula is C13H9ClN4O. The largest absolute Gasteiger partial charge is 0.384 e. The molecule has 6 heteroatoms. The number of nitrogens with one attached hydrogen (secondary N) is 2. The molecule has 0 unspecified atom stereocenters. The summed E-state index contributed by atoms with van der Waals surface area (Å²) >= 11 is 5.98. The van der Waals surface area contributed by atoms with Crippen LogP contribution in [0.15, 0.2) is 29.6 Å². The molecule has 3 rings (SSSR count). The lowest BCUT2D eigenvalue weighted by molar-refractivity contribution is 0.0961. The summed E-state index contributed by atoms with van der Waals surface area (Å²) in [5.74, 6) is -0.239. The molecule has 0 fully saturated rings. The summed E-state index contributed by atoms with van der Waals surface area (Å²) < 4.78 is 0. The predicted octanol–water partition coefficient (Wildman–Crippen LogP) is 1.80. The summed E-state index contributed by atoms with van der Waals surface area (Å²) in [6, 6.07) is 7.34. The van der Waals surface area contributed by atoms with Gasteiger partial charge in [-0.1, -0.05) is 11.6 Å². The minimum absolute atomic E-state index is 0.104. The fraction of sp³-hybridized carbons (Fsp3) is 0.0769. The van der Waals surface area contributed by atoms with Crippen molar-refractivity contribution in [3.05, 3.63) is 45.9 Å². The van der Waals surface area contributed by atoms with Crippen molar-refractivity contribution in [2.24, 2.45) is 5.73 Å². The monoisotopic (exact) mass is 272 g/mol. The van der Waals surface area contributed by atoms with Crippen LogP contribution in [0.4, 0.5) is 0 Å². The highest BCUT2D eigenvalue weighted by Gasteiger charge is 2.24. The first kappa shape index (κ1) is 11.6. The Morgan fingerprint density at radius 3 is 2.95 bits per heavy atom. The molecule has 0 atom stereocenters. The Morgan fingerprint density at radius 2 is 2.21 bits per heavy atom. The van der Waals surface area contributed by atoms with Crippen LogP contribution in [-0.2, 0) is 6.42 Å². The van der Waals surface area contributed by atoms with Gasteiger partial charge in [-0.05, 0) is 23.8 Å². The Bertz CT molecular complexity index is 782.